The summed E-state index contributed by atoms with van der Waals surface area (Å²) < 4.78 is 12.0. The topological polar surface area (TPSA) is 50.7 Å². The van der Waals surface area contributed by atoms with Gasteiger partial charge in [0.15, 0.2) is 5.82 Å². The Kier molecular flexibility index (Phi) is 4.35. The molecule has 0 amide bonds. The number of hydrogen-bond acceptors (Lipinski definition) is 6. The van der Waals surface area contributed by atoms with E-state index < -0.39 is 0 Å². The van der Waals surface area contributed by atoms with Gasteiger partial charge in [0.25, 0.3) is 0 Å². The number of likely N-dealkylation sites (N-methyl/N-ethyl adjacent to an activating group) is 1. The van der Waals surface area contributed by atoms with Gasteiger partial charge in [-0.3, -0.25) is 9.88 Å². The van der Waals surface area contributed by atoms with Crippen LogP contribution in [0.15, 0.2) is 12.4 Å². The fraction of sp³-hybridized carbons (Fsp3) is 0.765. The lowest BCUT2D eigenvalue weighted by atomic mass is 9.98. The maximum Gasteiger partial charge on any atom is 0.234 e. The molecule has 0 spiro atoms. The van der Waals surface area contributed by atoms with Crippen molar-refractivity contribution in [2.45, 2.75) is 50.4 Å². The quantitative estimate of drug-likeness (QED) is 0.846. The zero-order chi connectivity index (χ0) is 15.6. The lowest BCUT2D eigenvalue weighted by molar-refractivity contribution is -0.0362. The Labute approximate surface area is 137 Å². The molecule has 126 valence electrons. The van der Waals surface area contributed by atoms with Gasteiger partial charge in [-0.15, -0.1) is 0 Å². The third-order valence-corrected chi connectivity index (χ3v) is 5.34. The van der Waals surface area contributed by atoms with Crippen LogP contribution in [0.2, 0.25) is 0 Å². The normalized spacial score (nSPS) is 29.5. The van der Waals surface area contributed by atoms with Crippen molar-refractivity contribution in [3.8, 4) is 5.88 Å². The number of rotatable bonds is 3. The van der Waals surface area contributed by atoms with E-state index in [-0.39, 0.29) is 6.10 Å². The highest BCUT2D eigenvalue weighted by atomic mass is 16.5. The summed E-state index contributed by atoms with van der Waals surface area (Å²) >= 11 is 0. The van der Waals surface area contributed by atoms with Gasteiger partial charge in [0.1, 0.15) is 6.10 Å². The van der Waals surface area contributed by atoms with Crippen LogP contribution >= 0.6 is 0 Å². The third-order valence-electron chi connectivity index (χ3n) is 5.34. The van der Waals surface area contributed by atoms with Crippen LogP contribution in [0.25, 0.3) is 0 Å². The van der Waals surface area contributed by atoms with Crippen LogP contribution in [-0.4, -0.2) is 66.4 Å². The average molecular weight is 318 g/mol. The fourth-order valence-electron chi connectivity index (χ4n) is 3.95. The highest BCUT2D eigenvalue weighted by Gasteiger charge is 2.39. The molecular formula is C17H26N4O2. The highest BCUT2D eigenvalue weighted by molar-refractivity contribution is 5.40. The first-order valence-electron chi connectivity index (χ1n) is 8.85. The van der Waals surface area contributed by atoms with Gasteiger partial charge in [-0.2, -0.15) is 4.98 Å². The van der Waals surface area contributed by atoms with Gasteiger partial charge >= 0.3 is 0 Å². The smallest absolute Gasteiger partial charge is 0.234 e. The van der Waals surface area contributed by atoms with Crippen LogP contribution in [0.1, 0.15) is 32.1 Å². The SMILES string of the molecule is CN1CCOC2CN(c3cncc(OC4CCCCC4)n3)CC21. The summed E-state index contributed by atoms with van der Waals surface area (Å²) in [6.07, 6.45) is 10.3. The summed E-state index contributed by atoms with van der Waals surface area (Å²) in [5.41, 5.74) is 0. The number of aromatic nitrogens is 2. The van der Waals surface area contributed by atoms with Crippen LogP contribution in [0.4, 0.5) is 5.82 Å². The molecule has 1 aromatic rings. The maximum absolute atomic E-state index is 6.05. The van der Waals surface area contributed by atoms with E-state index in [4.69, 9.17) is 14.5 Å². The number of anilines is 1. The summed E-state index contributed by atoms with van der Waals surface area (Å²) in [6, 6.07) is 0.452. The average Bonchev–Trinajstić information content (AvgIpc) is 3.02. The molecule has 23 heavy (non-hydrogen) atoms. The number of fused-ring (bicyclic) bond motifs is 1. The number of ether oxygens (including phenoxy) is 2. The molecule has 0 N–H and O–H groups in total. The van der Waals surface area contributed by atoms with Crippen molar-refractivity contribution in [3.05, 3.63) is 12.4 Å². The van der Waals surface area contributed by atoms with Crippen LogP contribution in [-0.2, 0) is 4.74 Å². The Bertz CT molecular complexity index is 535. The summed E-state index contributed by atoms with van der Waals surface area (Å²) in [6.45, 7) is 3.66. The number of hydrogen-bond donors (Lipinski definition) is 0. The van der Waals surface area contributed by atoms with Gasteiger partial charge in [0, 0.05) is 19.6 Å². The minimum absolute atomic E-state index is 0.276. The van der Waals surface area contributed by atoms with Crippen molar-refractivity contribution in [1.82, 2.24) is 14.9 Å². The second-order valence-corrected chi connectivity index (χ2v) is 6.96. The van der Waals surface area contributed by atoms with Crippen molar-refractivity contribution < 1.29 is 9.47 Å². The molecule has 1 aliphatic carbocycles. The predicted octanol–water partition coefficient (Wildman–Crippen LogP) is 1.71. The summed E-state index contributed by atoms with van der Waals surface area (Å²) in [5.74, 6) is 1.57. The van der Waals surface area contributed by atoms with Gasteiger partial charge in [-0.25, -0.2) is 0 Å². The van der Waals surface area contributed by atoms with E-state index in [1.54, 1.807) is 6.20 Å². The molecule has 4 rings (SSSR count). The second kappa shape index (κ2) is 6.61. The van der Waals surface area contributed by atoms with Crippen LogP contribution < -0.4 is 9.64 Å². The van der Waals surface area contributed by atoms with Crippen LogP contribution in [0, 0.1) is 0 Å². The van der Waals surface area contributed by atoms with Crippen molar-refractivity contribution in [1.29, 1.82) is 0 Å². The lowest BCUT2D eigenvalue weighted by Crippen LogP contribution is -2.48. The molecule has 2 saturated heterocycles. The Balaban J connectivity index is 1.44. The molecule has 3 aliphatic rings. The molecule has 0 bridgehead atoms. The monoisotopic (exact) mass is 318 g/mol. The molecule has 6 nitrogen and oxygen atoms in total. The molecule has 1 aromatic heterocycles. The van der Waals surface area contributed by atoms with E-state index in [0.717, 1.165) is 44.9 Å². The Hall–Kier alpha value is -1.40. The first-order valence-corrected chi connectivity index (χ1v) is 8.85. The molecule has 2 aliphatic heterocycles. The van der Waals surface area contributed by atoms with Crippen molar-refractivity contribution in [2.75, 3.05) is 38.2 Å². The first kappa shape index (κ1) is 15.1. The molecular weight excluding hydrogens is 292 g/mol. The van der Waals surface area contributed by atoms with E-state index >= 15 is 0 Å². The minimum atomic E-state index is 0.276. The molecule has 6 heteroatoms. The second-order valence-electron chi connectivity index (χ2n) is 6.96. The minimum Gasteiger partial charge on any atom is -0.473 e. The Morgan fingerprint density at radius 2 is 2.04 bits per heavy atom. The van der Waals surface area contributed by atoms with Crippen molar-refractivity contribution >= 4 is 5.82 Å². The molecule has 3 fully saturated rings. The number of morpholine rings is 1. The molecule has 2 unspecified atom stereocenters. The Morgan fingerprint density at radius 3 is 2.87 bits per heavy atom. The Morgan fingerprint density at radius 1 is 1.17 bits per heavy atom. The molecule has 2 atom stereocenters. The van der Waals surface area contributed by atoms with E-state index in [2.05, 4.69) is 21.8 Å². The molecule has 0 radical (unpaired) electrons. The van der Waals surface area contributed by atoms with Crippen LogP contribution in [0.5, 0.6) is 5.88 Å². The van der Waals surface area contributed by atoms with E-state index in [9.17, 15) is 0 Å². The van der Waals surface area contributed by atoms with Gasteiger partial charge in [-0.05, 0) is 32.7 Å². The highest BCUT2D eigenvalue weighted by Crippen LogP contribution is 2.27. The zero-order valence-electron chi connectivity index (χ0n) is 13.9. The summed E-state index contributed by atoms with van der Waals surface area (Å²) in [5, 5.41) is 0. The van der Waals surface area contributed by atoms with Gasteiger partial charge in [0.2, 0.25) is 5.88 Å². The van der Waals surface area contributed by atoms with Gasteiger partial charge in [0.05, 0.1) is 31.1 Å². The maximum atomic E-state index is 6.05. The van der Waals surface area contributed by atoms with Crippen molar-refractivity contribution in [2.24, 2.45) is 0 Å². The van der Waals surface area contributed by atoms with Gasteiger partial charge in [-0.1, -0.05) is 6.42 Å². The van der Waals surface area contributed by atoms with E-state index in [1.165, 1.54) is 19.3 Å². The fourth-order valence-corrected chi connectivity index (χ4v) is 3.95. The zero-order valence-corrected chi connectivity index (χ0v) is 13.9. The molecule has 1 saturated carbocycles. The van der Waals surface area contributed by atoms with Crippen molar-refractivity contribution in [3.63, 3.8) is 0 Å². The lowest BCUT2D eigenvalue weighted by Gasteiger charge is -2.33. The summed E-state index contributed by atoms with van der Waals surface area (Å²) in [7, 11) is 2.18. The molecule has 0 aromatic carbocycles. The largest absolute Gasteiger partial charge is 0.473 e. The van der Waals surface area contributed by atoms with E-state index in [0.29, 0.717) is 18.0 Å². The summed E-state index contributed by atoms with van der Waals surface area (Å²) in [4.78, 5) is 13.7. The van der Waals surface area contributed by atoms with Crippen LogP contribution in [0.3, 0.4) is 0 Å². The number of nitrogens with zero attached hydrogens (tertiary/aromatic N) is 4. The standard InChI is InChI=1S/C17H26N4O2/c1-20-7-8-22-15-12-21(11-14(15)20)16-9-18-10-17(19-16)23-13-5-3-2-4-6-13/h9-10,13-15H,2-8,11-12H2,1H3. The van der Waals surface area contributed by atoms with E-state index in [1.807, 2.05) is 6.20 Å². The predicted molar refractivity (Wildman–Crippen MR) is 87.9 cm³/mol. The third kappa shape index (κ3) is 3.28. The first-order chi connectivity index (χ1) is 11.3. The molecule has 3 heterocycles. The van der Waals surface area contributed by atoms with Gasteiger partial charge < -0.3 is 14.4 Å².